The zero-order chi connectivity index (χ0) is 36.0. The Labute approximate surface area is 324 Å². The van der Waals surface area contributed by atoms with Gasteiger partial charge >= 0.3 is 37.9 Å². The summed E-state index contributed by atoms with van der Waals surface area (Å²) in [5, 5.41) is 5.56. The second-order valence-corrected chi connectivity index (χ2v) is 18.8. The van der Waals surface area contributed by atoms with E-state index in [4.69, 9.17) is 17.0 Å². The Bertz CT molecular complexity index is 1850. The molecule has 6 aromatic carbocycles. The van der Waals surface area contributed by atoms with E-state index in [1.165, 1.54) is 92.6 Å². The van der Waals surface area contributed by atoms with E-state index in [1.54, 1.807) is 5.56 Å². The molecule has 0 amide bonds. The van der Waals surface area contributed by atoms with Crippen LogP contribution < -0.4 is 0 Å². The molecule has 2 radical (unpaired) electrons. The fraction of sp³-hybridized carbons (Fsp3) is 0.348. The van der Waals surface area contributed by atoms with E-state index in [0.717, 1.165) is 21.9 Å². The molecule has 6 aromatic rings. The summed E-state index contributed by atoms with van der Waals surface area (Å²) in [7, 11) is 11.0. The van der Waals surface area contributed by atoms with E-state index in [0.29, 0.717) is 11.8 Å². The van der Waals surface area contributed by atoms with Crippen molar-refractivity contribution in [2.75, 3.05) is 0 Å². The number of benzene rings is 4. The maximum atomic E-state index is 4.93. The van der Waals surface area contributed by atoms with Gasteiger partial charge in [-0.05, 0) is 59.3 Å². The predicted octanol–water partition coefficient (Wildman–Crippen LogP) is 15.5. The second-order valence-electron chi connectivity index (χ2n) is 14.1. The van der Waals surface area contributed by atoms with E-state index < -0.39 is 20.8 Å². The van der Waals surface area contributed by atoms with Crippen LogP contribution in [0.15, 0.2) is 109 Å². The fourth-order valence-corrected chi connectivity index (χ4v) is 7.03. The van der Waals surface area contributed by atoms with Crippen LogP contribution in [0.4, 0.5) is 0 Å². The predicted molar refractivity (Wildman–Crippen MR) is 223 cm³/mol. The Morgan fingerprint density at radius 3 is 1.54 bits per heavy atom. The van der Waals surface area contributed by atoms with Crippen molar-refractivity contribution >= 4 is 48.1 Å². The van der Waals surface area contributed by atoms with Crippen LogP contribution in [-0.2, 0) is 27.3 Å². The molecule has 0 nitrogen and oxygen atoms in total. The molecule has 1 fully saturated rings. The van der Waals surface area contributed by atoms with Crippen LogP contribution in [0.5, 0.6) is 0 Å². The molecule has 1 aliphatic rings. The van der Waals surface area contributed by atoms with Crippen LogP contribution in [0.1, 0.15) is 107 Å². The Balaban J connectivity index is 0.000000197. The normalized spacial score (nSPS) is 12.9. The first kappa shape index (κ1) is 40.5. The van der Waals surface area contributed by atoms with E-state index in [9.17, 15) is 0 Å². The second kappa shape index (κ2) is 20.7. The summed E-state index contributed by atoms with van der Waals surface area (Å²) in [6.45, 7) is 15.5. The summed E-state index contributed by atoms with van der Waals surface area (Å²) in [5.41, 5.74) is 11.2. The zero-order valence-electron chi connectivity index (χ0n) is 31.1. The van der Waals surface area contributed by atoms with Crippen molar-refractivity contribution in [2.24, 2.45) is 0 Å². The van der Waals surface area contributed by atoms with Crippen molar-refractivity contribution in [3.63, 3.8) is 0 Å². The van der Waals surface area contributed by atoms with Gasteiger partial charge in [0.15, 0.2) is 0 Å². The van der Waals surface area contributed by atoms with Crippen molar-refractivity contribution in [1.82, 2.24) is 0 Å². The van der Waals surface area contributed by atoms with Crippen molar-refractivity contribution in [3.8, 4) is 22.3 Å². The standard InChI is InChI=1S/C24H27.C20H21.C2H6Si.2ClH.Zr/c1-17(2)18-11-13-20(14-12-18)23-10-6-9-21-15-22(16-24(21)23)19-7-4-3-5-8-19;1-4-15-12-18-6-5-7-19(20(18)13-15)17-10-8-16(9-11-17)14(2)3;1-3-2;;;/h6,9-17,19H,3-5,7-8H2,1-2H3;5-14H,4H2,1-3H3;1-2H3;2*1H;/q2*-1;;;;+4/p-2. The molecule has 50 heavy (non-hydrogen) atoms. The van der Waals surface area contributed by atoms with Gasteiger partial charge in [0.2, 0.25) is 0 Å². The summed E-state index contributed by atoms with van der Waals surface area (Å²) in [6, 6.07) is 41.1. The van der Waals surface area contributed by atoms with Gasteiger partial charge in [0.1, 0.15) is 0 Å². The number of rotatable bonds is 6. The average Bonchev–Trinajstić information content (AvgIpc) is 3.78. The minimum absolute atomic E-state index is 0.588. The van der Waals surface area contributed by atoms with Gasteiger partial charge in [0.25, 0.3) is 0 Å². The molecule has 0 saturated heterocycles. The van der Waals surface area contributed by atoms with E-state index >= 15 is 0 Å². The van der Waals surface area contributed by atoms with Gasteiger partial charge in [0.05, 0.1) is 0 Å². The van der Waals surface area contributed by atoms with Crippen molar-refractivity contribution in [1.29, 1.82) is 0 Å². The first-order valence-corrected chi connectivity index (χ1v) is 26.7. The van der Waals surface area contributed by atoms with E-state index in [2.05, 4.69) is 157 Å². The van der Waals surface area contributed by atoms with Gasteiger partial charge in [-0.15, -0.1) is 69.1 Å². The molecule has 0 bridgehead atoms. The Kier molecular flexibility index (Phi) is 16.8. The molecule has 0 heterocycles. The Morgan fingerprint density at radius 2 is 1.10 bits per heavy atom. The van der Waals surface area contributed by atoms with E-state index in [-0.39, 0.29) is 0 Å². The third-order valence-corrected chi connectivity index (χ3v) is 9.85. The van der Waals surface area contributed by atoms with Gasteiger partial charge in [0, 0.05) is 9.52 Å². The summed E-state index contributed by atoms with van der Waals surface area (Å²) in [4.78, 5) is 0. The first-order chi connectivity index (χ1) is 24.2. The van der Waals surface area contributed by atoms with Crippen LogP contribution >= 0.6 is 17.0 Å². The number of halogens is 2. The molecular formula is C46H54Cl2SiZr. The molecule has 0 atom stereocenters. The Morgan fingerprint density at radius 1 is 0.660 bits per heavy atom. The van der Waals surface area contributed by atoms with Gasteiger partial charge in [-0.3, -0.25) is 0 Å². The number of hydrogen-bond acceptors (Lipinski definition) is 0. The fourth-order valence-electron chi connectivity index (χ4n) is 7.03. The van der Waals surface area contributed by atoms with Crippen molar-refractivity contribution in [3.05, 3.63) is 131 Å². The summed E-state index contributed by atoms with van der Waals surface area (Å²) in [6.07, 6.45) is 8.06. The van der Waals surface area contributed by atoms with E-state index in [1.807, 2.05) is 0 Å². The Hall–Kier alpha value is -2.22. The zero-order valence-corrected chi connectivity index (χ0v) is 36.1. The molecule has 0 N–H and O–H groups in total. The van der Waals surface area contributed by atoms with Gasteiger partial charge in [-0.25, -0.2) is 0 Å². The van der Waals surface area contributed by atoms with Crippen LogP contribution in [0.2, 0.25) is 13.1 Å². The van der Waals surface area contributed by atoms with Gasteiger partial charge in [-0.1, -0.05) is 139 Å². The molecule has 1 aliphatic carbocycles. The molecule has 260 valence electrons. The molecule has 0 aliphatic heterocycles. The summed E-state index contributed by atoms with van der Waals surface area (Å²) >= 11 is -0.826. The van der Waals surface area contributed by atoms with Crippen LogP contribution in [0.25, 0.3) is 43.8 Å². The quantitative estimate of drug-likeness (QED) is 0.116. The van der Waals surface area contributed by atoms with Gasteiger partial charge in [-0.2, -0.15) is 12.1 Å². The summed E-state index contributed by atoms with van der Waals surface area (Å²) in [5.74, 6) is 1.96. The van der Waals surface area contributed by atoms with Crippen LogP contribution in [-0.4, -0.2) is 9.52 Å². The molecule has 0 spiro atoms. The molecule has 0 unspecified atom stereocenters. The van der Waals surface area contributed by atoms with Crippen molar-refractivity contribution in [2.45, 2.75) is 104 Å². The SMILES string of the molecule is CC(C)c1ccc(-c2cccc3[cH-]c(C4CCCCC4)cc23)cc1.CCc1cc2c(-c3ccc(C(C)C)cc3)cccc2[cH-]1.C[Si]C.[Cl][Zr+2][Cl]. The molecule has 4 heteroatoms. The average molecular weight is 797 g/mol. The third kappa shape index (κ3) is 10.9. The topological polar surface area (TPSA) is 0 Å². The summed E-state index contributed by atoms with van der Waals surface area (Å²) < 4.78 is 0. The molecule has 1 saturated carbocycles. The number of fused-ring (bicyclic) bond motifs is 2. The monoisotopic (exact) mass is 794 g/mol. The number of aryl methyl sites for hydroxylation is 1. The van der Waals surface area contributed by atoms with Crippen molar-refractivity contribution < 1.29 is 20.8 Å². The maximum absolute atomic E-state index is 4.93. The van der Waals surface area contributed by atoms with Crippen LogP contribution in [0.3, 0.4) is 0 Å². The molecule has 7 rings (SSSR count). The minimum atomic E-state index is -0.826. The molecular weight excluding hydrogens is 743 g/mol. The first-order valence-electron chi connectivity index (χ1n) is 18.4. The van der Waals surface area contributed by atoms with Gasteiger partial charge < -0.3 is 0 Å². The van der Waals surface area contributed by atoms with Crippen LogP contribution in [0, 0.1) is 0 Å². The third-order valence-electron chi connectivity index (χ3n) is 9.85. The molecule has 0 aromatic heterocycles. The number of hydrogen-bond donors (Lipinski definition) is 0.